The SMILES string of the molecule is COc1cc(-c2ncc(C)s2)cc2c(NCc3nnc(C)s3)ncnc12. The molecule has 1 N–H and O–H groups in total. The maximum absolute atomic E-state index is 5.56. The number of fused-ring (bicyclic) bond motifs is 1. The summed E-state index contributed by atoms with van der Waals surface area (Å²) in [7, 11) is 1.64. The summed E-state index contributed by atoms with van der Waals surface area (Å²) in [6.45, 7) is 4.54. The van der Waals surface area contributed by atoms with Gasteiger partial charge in [0.1, 0.15) is 38.4 Å². The highest BCUT2D eigenvalue weighted by molar-refractivity contribution is 7.15. The molecule has 0 bridgehead atoms. The van der Waals surface area contributed by atoms with Crippen LogP contribution in [0.25, 0.3) is 21.5 Å². The van der Waals surface area contributed by atoms with E-state index < -0.39 is 0 Å². The van der Waals surface area contributed by atoms with Crippen LogP contribution in [0.15, 0.2) is 24.7 Å². The lowest BCUT2D eigenvalue weighted by molar-refractivity contribution is 0.419. The second kappa shape index (κ2) is 6.93. The van der Waals surface area contributed by atoms with Gasteiger partial charge in [0.05, 0.1) is 13.7 Å². The van der Waals surface area contributed by atoms with Crippen molar-refractivity contribution in [1.29, 1.82) is 0 Å². The van der Waals surface area contributed by atoms with Crippen molar-refractivity contribution in [2.45, 2.75) is 20.4 Å². The Morgan fingerprint density at radius 2 is 1.96 bits per heavy atom. The monoisotopic (exact) mass is 384 g/mol. The first-order valence-electron chi connectivity index (χ1n) is 7.92. The molecule has 0 saturated carbocycles. The third-order valence-corrected chi connectivity index (χ3v) is 5.57. The average Bonchev–Trinajstić information content (AvgIpc) is 3.27. The van der Waals surface area contributed by atoms with E-state index in [-0.39, 0.29) is 0 Å². The number of aromatic nitrogens is 5. The summed E-state index contributed by atoms with van der Waals surface area (Å²) in [4.78, 5) is 14.4. The molecule has 0 spiro atoms. The van der Waals surface area contributed by atoms with Gasteiger partial charge in [0.15, 0.2) is 0 Å². The number of hydrogen-bond donors (Lipinski definition) is 1. The molecule has 7 nitrogen and oxygen atoms in total. The van der Waals surface area contributed by atoms with E-state index >= 15 is 0 Å². The first kappa shape index (κ1) is 16.8. The van der Waals surface area contributed by atoms with Crippen molar-refractivity contribution in [2.24, 2.45) is 0 Å². The number of anilines is 1. The summed E-state index contributed by atoms with van der Waals surface area (Å²) in [5, 5.41) is 15.2. The molecule has 0 aliphatic rings. The number of nitrogens with one attached hydrogen (secondary N) is 1. The molecule has 9 heteroatoms. The minimum absolute atomic E-state index is 0.556. The lowest BCUT2D eigenvalue weighted by Gasteiger charge is -2.11. The van der Waals surface area contributed by atoms with E-state index in [0.717, 1.165) is 42.2 Å². The van der Waals surface area contributed by atoms with Gasteiger partial charge in [0.25, 0.3) is 0 Å². The van der Waals surface area contributed by atoms with Gasteiger partial charge in [-0.2, -0.15) is 0 Å². The highest BCUT2D eigenvalue weighted by Gasteiger charge is 2.14. The van der Waals surface area contributed by atoms with Crippen molar-refractivity contribution in [3.63, 3.8) is 0 Å². The zero-order chi connectivity index (χ0) is 18.1. The topological polar surface area (TPSA) is 85.7 Å². The molecular formula is C17H16N6OS2. The van der Waals surface area contributed by atoms with Crippen LogP contribution in [0.4, 0.5) is 5.82 Å². The number of aryl methyl sites for hydroxylation is 2. The van der Waals surface area contributed by atoms with Crippen LogP contribution in [0.5, 0.6) is 5.75 Å². The number of thiazole rings is 1. The number of methoxy groups -OCH3 is 1. The third-order valence-electron chi connectivity index (χ3n) is 3.77. The minimum atomic E-state index is 0.556. The van der Waals surface area contributed by atoms with E-state index in [2.05, 4.69) is 30.5 Å². The van der Waals surface area contributed by atoms with Gasteiger partial charge in [-0.1, -0.05) is 11.3 Å². The minimum Gasteiger partial charge on any atom is -0.494 e. The molecule has 4 rings (SSSR count). The zero-order valence-corrected chi connectivity index (χ0v) is 16.1. The van der Waals surface area contributed by atoms with Gasteiger partial charge >= 0.3 is 0 Å². The van der Waals surface area contributed by atoms with Crippen molar-refractivity contribution in [2.75, 3.05) is 12.4 Å². The predicted molar refractivity (Wildman–Crippen MR) is 104 cm³/mol. The fourth-order valence-electron chi connectivity index (χ4n) is 2.61. The average molecular weight is 384 g/mol. The molecule has 0 radical (unpaired) electrons. The van der Waals surface area contributed by atoms with Crippen LogP contribution in [0.1, 0.15) is 14.9 Å². The third kappa shape index (κ3) is 3.23. The normalized spacial score (nSPS) is 11.0. The first-order chi connectivity index (χ1) is 12.6. The lowest BCUT2D eigenvalue weighted by atomic mass is 10.1. The van der Waals surface area contributed by atoms with Gasteiger partial charge in [0, 0.05) is 22.0 Å². The number of rotatable bonds is 5. The molecule has 3 heterocycles. The van der Waals surface area contributed by atoms with Gasteiger partial charge < -0.3 is 10.1 Å². The molecule has 0 aliphatic carbocycles. The van der Waals surface area contributed by atoms with E-state index in [1.165, 1.54) is 6.33 Å². The van der Waals surface area contributed by atoms with E-state index in [1.807, 2.05) is 32.2 Å². The van der Waals surface area contributed by atoms with Gasteiger partial charge in [-0.3, -0.25) is 0 Å². The zero-order valence-electron chi connectivity index (χ0n) is 14.5. The van der Waals surface area contributed by atoms with E-state index in [4.69, 9.17) is 4.74 Å². The molecule has 0 fully saturated rings. The fraction of sp³-hybridized carbons (Fsp3) is 0.235. The van der Waals surface area contributed by atoms with Crippen LogP contribution in [-0.2, 0) is 6.54 Å². The lowest BCUT2D eigenvalue weighted by Crippen LogP contribution is -2.03. The van der Waals surface area contributed by atoms with Crippen molar-refractivity contribution in [3.8, 4) is 16.3 Å². The van der Waals surface area contributed by atoms with Gasteiger partial charge in [-0.05, 0) is 26.0 Å². The van der Waals surface area contributed by atoms with Crippen LogP contribution in [0.2, 0.25) is 0 Å². The van der Waals surface area contributed by atoms with Gasteiger partial charge in [-0.15, -0.1) is 21.5 Å². The standard InChI is InChI=1S/C17H16N6OS2/c1-9-6-19-17(25-9)11-4-12-15(13(5-11)24-3)20-8-21-16(12)18-7-14-23-22-10(2)26-14/h4-6,8H,7H2,1-3H3,(H,18,20,21). The molecule has 0 unspecified atom stereocenters. The summed E-state index contributed by atoms with van der Waals surface area (Å²) in [6.07, 6.45) is 3.40. The van der Waals surface area contributed by atoms with Gasteiger partial charge in [0.2, 0.25) is 0 Å². The second-order valence-corrected chi connectivity index (χ2v) is 8.14. The summed E-state index contributed by atoms with van der Waals surface area (Å²) in [6, 6.07) is 4.01. The molecule has 1 aromatic carbocycles. The molecule has 0 saturated heterocycles. The smallest absolute Gasteiger partial charge is 0.145 e. The summed E-state index contributed by atoms with van der Waals surface area (Å²) in [5.74, 6) is 1.43. The molecule has 4 aromatic rings. The van der Waals surface area contributed by atoms with E-state index in [1.54, 1.807) is 29.8 Å². The molecule has 26 heavy (non-hydrogen) atoms. The maximum atomic E-state index is 5.56. The highest BCUT2D eigenvalue weighted by Crippen LogP contribution is 2.35. The van der Waals surface area contributed by atoms with Crippen LogP contribution in [0, 0.1) is 13.8 Å². The Kier molecular flexibility index (Phi) is 4.48. The van der Waals surface area contributed by atoms with Crippen LogP contribution >= 0.6 is 22.7 Å². The molecule has 0 atom stereocenters. The number of nitrogens with zero attached hydrogens (tertiary/aromatic N) is 5. The summed E-state index contributed by atoms with van der Waals surface area (Å²) < 4.78 is 5.56. The predicted octanol–water partition coefficient (Wildman–Crippen LogP) is 3.84. The molecule has 3 aromatic heterocycles. The van der Waals surface area contributed by atoms with E-state index in [0.29, 0.717) is 12.3 Å². The van der Waals surface area contributed by atoms with Crippen molar-refractivity contribution in [1.82, 2.24) is 25.1 Å². The Hall–Kier alpha value is -2.65. The highest BCUT2D eigenvalue weighted by atomic mass is 32.1. The second-order valence-electron chi connectivity index (χ2n) is 5.64. The Bertz CT molecular complexity index is 1070. The van der Waals surface area contributed by atoms with E-state index in [9.17, 15) is 0 Å². The Morgan fingerprint density at radius 3 is 2.65 bits per heavy atom. The fourth-order valence-corrected chi connectivity index (χ4v) is 4.01. The number of benzene rings is 1. The largest absolute Gasteiger partial charge is 0.494 e. The Balaban J connectivity index is 1.77. The quantitative estimate of drug-likeness (QED) is 0.559. The first-order valence-corrected chi connectivity index (χ1v) is 9.55. The number of hydrogen-bond acceptors (Lipinski definition) is 9. The van der Waals surface area contributed by atoms with Crippen LogP contribution in [-0.4, -0.2) is 32.3 Å². The van der Waals surface area contributed by atoms with Crippen molar-refractivity contribution < 1.29 is 4.74 Å². The van der Waals surface area contributed by atoms with Crippen molar-refractivity contribution >= 4 is 39.4 Å². The molecular weight excluding hydrogens is 368 g/mol. The maximum Gasteiger partial charge on any atom is 0.145 e. The Labute approximate surface area is 158 Å². The van der Waals surface area contributed by atoms with Gasteiger partial charge in [-0.25, -0.2) is 15.0 Å². The summed E-state index contributed by atoms with van der Waals surface area (Å²) in [5.41, 5.74) is 1.74. The van der Waals surface area contributed by atoms with Crippen molar-refractivity contribution in [3.05, 3.63) is 39.5 Å². The molecule has 132 valence electrons. The summed E-state index contributed by atoms with van der Waals surface area (Å²) >= 11 is 3.20. The molecule has 0 aliphatic heterocycles. The van der Waals surface area contributed by atoms with Crippen LogP contribution < -0.4 is 10.1 Å². The number of ether oxygens (including phenoxy) is 1. The Morgan fingerprint density at radius 1 is 1.08 bits per heavy atom. The molecule has 0 amide bonds. The van der Waals surface area contributed by atoms with Crippen LogP contribution in [0.3, 0.4) is 0 Å².